The highest BCUT2D eigenvalue weighted by molar-refractivity contribution is 7.13. The molecule has 0 fully saturated rings. The van der Waals surface area contributed by atoms with Crippen LogP contribution in [0, 0.1) is 0 Å². The fourth-order valence-electron chi connectivity index (χ4n) is 1.22. The summed E-state index contributed by atoms with van der Waals surface area (Å²) in [6, 6.07) is 3.49. The summed E-state index contributed by atoms with van der Waals surface area (Å²) in [5.41, 5.74) is 0.670. The molecule has 7 heteroatoms. The molecule has 18 heavy (non-hydrogen) atoms. The number of pyridine rings is 1. The number of methoxy groups -OCH3 is 1. The Morgan fingerprint density at radius 1 is 1.56 bits per heavy atom. The van der Waals surface area contributed by atoms with Crippen molar-refractivity contribution >= 4 is 39.9 Å². The molecule has 2 heterocycles. The van der Waals surface area contributed by atoms with E-state index in [1.807, 2.05) is 0 Å². The fourth-order valence-corrected chi connectivity index (χ4v) is 2.05. The number of carbonyl (C=O) groups is 1. The van der Waals surface area contributed by atoms with Crippen LogP contribution in [0.1, 0.15) is 5.69 Å². The van der Waals surface area contributed by atoms with Crippen LogP contribution in [0.4, 0.5) is 10.9 Å². The molecule has 2 aromatic heterocycles. The van der Waals surface area contributed by atoms with E-state index in [1.54, 1.807) is 23.7 Å². The number of esters is 1. The van der Waals surface area contributed by atoms with Crippen molar-refractivity contribution < 1.29 is 9.53 Å². The van der Waals surface area contributed by atoms with E-state index in [2.05, 4.69) is 20.0 Å². The van der Waals surface area contributed by atoms with Crippen LogP contribution >= 0.6 is 22.9 Å². The van der Waals surface area contributed by atoms with E-state index in [4.69, 9.17) is 11.6 Å². The van der Waals surface area contributed by atoms with E-state index < -0.39 is 0 Å². The standard InChI is InChI=1S/C11H10ClN3O2S/c1-17-10(16)4-8-6-18-11(14-8)15-9-3-2-7(12)5-13-9/h2-3,5-6H,4H2,1H3,(H,13,14,15). The molecular weight excluding hydrogens is 274 g/mol. The first kappa shape index (κ1) is 12.8. The summed E-state index contributed by atoms with van der Waals surface area (Å²) in [5, 5.41) is 6.07. The van der Waals surface area contributed by atoms with Gasteiger partial charge in [0.15, 0.2) is 5.13 Å². The summed E-state index contributed by atoms with van der Waals surface area (Å²) in [6.45, 7) is 0. The molecule has 2 aromatic rings. The molecule has 0 radical (unpaired) electrons. The van der Waals surface area contributed by atoms with Gasteiger partial charge in [-0.1, -0.05) is 11.6 Å². The van der Waals surface area contributed by atoms with Crippen molar-refractivity contribution in [2.75, 3.05) is 12.4 Å². The van der Waals surface area contributed by atoms with E-state index in [-0.39, 0.29) is 12.4 Å². The molecule has 0 bridgehead atoms. The van der Waals surface area contributed by atoms with E-state index >= 15 is 0 Å². The summed E-state index contributed by atoms with van der Waals surface area (Å²) in [7, 11) is 1.35. The topological polar surface area (TPSA) is 64.1 Å². The number of nitrogens with one attached hydrogen (secondary N) is 1. The number of ether oxygens (including phenoxy) is 1. The zero-order chi connectivity index (χ0) is 13.0. The molecule has 2 rings (SSSR count). The van der Waals surface area contributed by atoms with Crippen LogP contribution < -0.4 is 5.32 Å². The Labute approximate surface area is 113 Å². The van der Waals surface area contributed by atoms with Crippen molar-refractivity contribution in [1.82, 2.24) is 9.97 Å². The Morgan fingerprint density at radius 2 is 2.39 bits per heavy atom. The van der Waals surface area contributed by atoms with Crippen molar-refractivity contribution in [1.29, 1.82) is 0 Å². The van der Waals surface area contributed by atoms with Gasteiger partial charge in [0, 0.05) is 11.6 Å². The number of anilines is 2. The highest BCUT2D eigenvalue weighted by Crippen LogP contribution is 2.20. The first-order chi connectivity index (χ1) is 8.67. The highest BCUT2D eigenvalue weighted by atomic mass is 35.5. The van der Waals surface area contributed by atoms with E-state index in [9.17, 15) is 4.79 Å². The summed E-state index contributed by atoms with van der Waals surface area (Å²) >= 11 is 7.14. The summed E-state index contributed by atoms with van der Waals surface area (Å²) in [6.07, 6.45) is 1.72. The number of hydrogen-bond donors (Lipinski definition) is 1. The van der Waals surface area contributed by atoms with Gasteiger partial charge in [-0.05, 0) is 12.1 Å². The third-order valence-corrected chi connectivity index (χ3v) is 3.10. The van der Waals surface area contributed by atoms with Crippen LogP contribution in [0.25, 0.3) is 0 Å². The minimum Gasteiger partial charge on any atom is -0.469 e. The minimum atomic E-state index is -0.309. The molecule has 5 nitrogen and oxygen atoms in total. The van der Waals surface area contributed by atoms with Crippen LogP contribution in [0.3, 0.4) is 0 Å². The van der Waals surface area contributed by atoms with Gasteiger partial charge in [0.1, 0.15) is 5.82 Å². The van der Waals surface area contributed by atoms with Crippen molar-refractivity contribution in [3.8, 4) is 0 Å². The second kappa shape index (κ2) is 5.79. The van der Waals surface area contributed by atoms with E-state index in [1.165, 1.54) is 18.4 Å². The molecule has 0 atom stereocenters. The Bertz CT molecular complexity index is 541. The molecule has 0 unspecified atom stereocenters. The van der Waals surface area contributed by atoms with Crippen LogP contribution in [-0.4, -0.2) is 23.0 Å². The number of carbonyl (C=O) groups excluding carboxylic acids is 1. The third-order valence-electron chi connectivity index (χ3n) is 2.07. The van der Waals surface area contributed by atoms with Gasteiger partial charge in [0.25, 0.3) is 0 Å². The van der Waals surface area contributed by atoms with Crippen LogP contribution in [0.15, 0.2) is 23.7 Å². The molecule has 0 spiro atoms. The predicted octanol–water partition coefficient (Wildman–Crippen LogP) is 2.65. The van der Waals surface area contributed by atoms with Crippen LogP contribution in [-0.2, 0) is 16.0 Å². The average molecular weight is 284 g/mol. The third kappa shape index (κ3) is 3.41. The Balaban J connectivity index is 2.02. The fraction of sp³-hybridized carbons (Fsp3) is 0.182. The molecule has 0 saturated heterocycles. The molecule has 0 aliphatic heterocycles. The summed E-state index contributed by atoms with van der Waals surface area (Å²) in [4.78, 5) is 19.4. The lowest BCUT2D eigenvalue weighted by Gasteiger charge is -2.00. The summed E-state index contributed by atoms with van der Waals surface area (Å²) < 4.78 is 4.57. The average Bonchev–Trinajstić information content (AvgIpc) is 2.79. The Morgan fingerprint density at radius 3 is 3.06 bits per heavy atom. The SMILES string of the molecule is COC(=O)Cc1csc(Nc2ccc(Cl)cn2)n1. The number of rotatable bonds is 4. The Hall–Kier alpha value is -1.66. The van der Waals surface area contributed by atoms with Crippen molar-refractivity contribution in [3.63, 3.8) is 0 Å². The van der Waals surface area contributed by atoms with E-state index in [0.29, 0.717) is 21.7 Å². The monoisotopic (exact) mass is 283 g/mol. The van der Waals surface area contributed by atoms with Gasteiger partial charge in [-0.2, -0.15) is 0 Å². The molecule has 1 N–H and O–H groups in total. The van der Waals surface area contributed by atoms with E-state index in [0.717, 1.165) is 0 Å². The largest absolute Gasteiger partial charge is 0.469 e. The van der Waals surface area contributed by atoms with Crippen molar-refractivity contribution in [2.24, 2.45) is 0 Å². The zero-order valence-electron chi connectivity index (χ0n) is 9.51. The van der Waals surface area contributed by atoms with Gasteiger partial charge in [-0.3, -0.25) is 4.79 Å². The molecule has 0 aliphatic rings. The second-order valence-corrected chi connectivity index (χ2v) is 4.68. The summed E-state index contributed by atoms with van der Waals surface area (Å²) in [5.74, 6) is 0.342. The lowest BCUT2D eigenvalue weighted by Crippen LogP contribution is -2.04. The zero-order valence-corrected chi connectivity index (χ0v) is 11.1. The first-order valence-electron chi connectivity index (χ1n) is 5.07. The number of nitrogens with zero attached hydrogens (tertiary/aromatic N) is 2. The van der Waals surface area contributed by atoms with Gasteiger partial charge in [-0.25, -0.2) is 9.97 Å². The number of thiazole rings is 1. The quantitative estimate of drug-likeness (QED) is 0.874. The first-order valence-corrected chi connectivity index (χ1v) is 6.33. The van der Waals surface area contributed by atoms with Gasteiger partial charge in [-0.15, -0.1) is 11.3 Å². The number of hydrogen-bond acceptors (Lipinski definition) is 6. The maximum atomic E-state index is 11.1. The molecule has 0 amide bonds. The van der Waals surface area contributed by atoms with Gasteiger partial charge >= 0.3 is 5.97 Å². The predicted molar refractivity (Wildman–Crippen MR) is 70.4 cm³/mol. The minimum absolute atomic E-state index is 0.169. The normalized spacial score (nSPS) is 10.1. The lowest BCUT2D eigenvalue weighted by atomic mass is 10.3. The van der Waals surface area contributed by atoms with Crippen molar-refractivity contribution in [2.45, 2.75) is 6.42 Å². The van der Waals surface area contributed by atoms with Crippen molar-refractivity contribution in [3.05, 3.63) is 34.4 Å². The van der Waals surface area contributed by atoms with Crippen LogP contribution in [0.5, 0.6) is 0 Å². The lowest BCUT2D eigenvalue weighted by molar-refractivity contribution is -0.139. The Kier molecular flexibility index (Phi) is 4.11. The molecule has 94 valence electrons. The molecule has 0 saturated carbocycles. The number of aromatic nitrogens is 2. The molecule has 0 aromatic carbocycles. The highest BCUT2D eigenvalue weighted by Gasteiger charge is 2.07. The van der Waals surface area contributed by atoms with Gasteiger partial charge in [0.05, 0.1) is 24.2 Å². The maximum Gasteiger partial charge on any atom is 0.311 e. The van der Waals surface area contributed by atoms with Gasteiger partial charge in [0.2, 0.25) is 0 Å². The molecular formula is C11H10ClN3O2S. The van der Waals surface area contributed by atoms with Gasteiger partial charge < -0.3 is 10.1 Å². The second-order valence-electron chi connectivity index (χ2n) is 3.38. The number of halogens is 1. The van der Waals surface area contributed by atoms with Crippen LogP contribution in [0.2, 0.25) is 5.02 Å². The maximum absolute atomic E-state index is 11.1. The smallest absolute Gasteiger partial charge is 0.311 e. The molecule has 0 aliphatic carbocycles.